The summed E-state index contributed by atoms with van der Waals surface area (Å²) in [5.41, 5.74) is -0.145. The Balaban J connectivity index is 1.67. The van der Waals surface area contributed by atoms with Gasteiger partial charge in [-0.2, -0.15) is 13.2 Å². The number of alkyl halides is 3. The minimum Gasteiger partial charge on any atom is -0.484 e. The zero-order valence-corrected chi connectivity index (χ0v) is 17.6. The van der Waals surface area contributed by atoms with Crippen molar-refractivity contribution >= 4 is 17.5 Å². The van der Waals surface area contributed by atoms with Crippen molar-refractivity contribution in [3.05, 3.63) is 83.9 Å². The number of rotatable bonds is 8. The molecule has 0 aliphatic heterocycles. The number of benzene rings is 3. The van der Waals surface area contributed by atoms with E-state index in [-0.39, 0.29) is 29.6 Å². The highest BCUT2D eigenvalue weighted by atomic mass is 19.4. The molecule has 33 heavy (non-hydrogen) atoms. The molecule has 0 saturated heterocycles. The van der Waals surface area contributed by atoms with Crippen LogP contribution in [0.3, 0.4) is 0 Å². The summed E-state index contributed by atoms with van der Waals surface area (Å²) < 4.78 is 49.6. The van der Waals surface area contributed by atoms with Crippen molar-refractivity contribution in [3.8, 4) is 17.2 Å². The van der Waals surface area contributed by atoms with Gasteiger partial charge in [-0.1, -0.05) is 18.2 Å². The monoisotopic (exact) mass is 458 g/mol. The van der Waals surface area contributed by atoms with Gasteiger partial charge in [0.2, 0.25) is 0 Å². The second-order valence-electron chi connectivity index (χ2n) is 6.88. The Morgan fingerprint density at radius 3 is 2.27 bits per heavy atom. The highest BCUT2D eigenvalue weighted by Gasteiger charge is 2.30. The van der Waals surface area contributed by atoms with Crippen molar-refractivity contribution in [2.75, 3.05) is 18.5 Å². The number of nitrogens with one attached hydrogen (secondary N) is 2. The molecule has 0 saturated carbocycles. The lowest BCUT2D eigenvalue weighted by Crippen LogP contribution is -2.28. The number of hydrogen-bond acceptors (Lipinski definition) is 4. The first kappa shape index (κ1) is 23.6. The van der Waals surface area contributed by atoms with Crippen LogP contribution in [0, 0.1) is 0 Å². The number of halogens is 3. The Morgan fingerprint density at radius 2 is 1.55 bits per heavy atom. The lowest BCUT2D eigenvalue weighted by atomic mass is 10.2. The average Bonchev–Trinajstić information content (AvgIpc) is 2.78. The molecule has 0 aliphatic carbocycles. The van der Waals surface area contributed by atoms with E-state index in [9.17, 15) is 22.8 Å². The molecule has 9 heteroatoms. The molecule has 3 aromatic carbocycles. The molecule has 0 bridgehead atoms. The van der Waals surface area contributed by atoms with E-state index in [4.69, 9.17) is 9.47 Å². The summed E-state index contributed by atoms with van der Waals surface area (Å²) in [6.07, 6.45) is -4.49. The summed E-state index contributed by atoms with van der Waals surface area (Å²) in [5.74, 6) is -0.101. The number of anilines is 1. The van der Waals surface area contributed by atoms with Gasteiger partial charge in [0.1, 0.15) is 17.2 Å². The fourth-order valence-electron chi connectivity index (χ4n) is 2.84. The van der Waals surface area contributed by atoms with Gasteiger partial charge in [-0.15, -0.1) is 0 Å². The largest absolute Gasteiger partial charge is 0.484 e. The summed E-state index contributed by atoms with van der Waals surface area (Å²) in [7, 11) is 0. The van der Waals surface area contributed by atoms with E-state index in [0.717, 1.165) is 12.1 Å². The fraction of sp³-hybridized carbons (Fsp3) is 0.167. The Morgan fingerprint density at radius 1 is 0.879 bits per heavy atom. The average molecular weight is 458 g/mol. The second-order valence-corrected chi connectivity index (χ2v) is 6.88. The van der Waals surface area contributed by atoms with E-state index >= 15 is 0 Å². The van der Waals surface area contributed by atoms with Crippen LogP contribution in [0.15, 0.2) is 72.8 Å². The summed E-state index contributed by atoms with van der Waals surface area (Å²) in [6.45, 7) is 2.14. The lowest BCUT2D eigenvalue weighted by molar-refractivity contribution is -0.137. The zero-order valence-electron chi connectivity index (χ0n) is 17.6. The van der Waals surface area contributed by atoms with Crippen molar-refractivity contribution in [2.24, 2.45) is 0 Å². The first-order valence-corrected chi connectivity index (χ1v) is 10.0. The maximum Gasteiger partial charge on any atom is 0.416 e. The quantitative estimate of drug-likeness (QED) is 0.483. The first-order valence-electron chi connectivity index (χ1n) is 10.0. The van der Waals surface area contributed by atoms with E-state index in [1.807, 2.05) is 0 Å². The number of carbonyl (C=O) groups is 2. The lowest BCUT2D eigenvalue weighted by Gasteiger charge is -2.11. The molecule has 3 aromatic rings. The van der Waals surface area contributed by atoms with Crippen molar-refractivity contribution < 1.29 is 32.2 Å². The molecule has 0 heterocycles. The third-order valence-electron chi connectivity index (χ3n) is 4.33. The van der Waals surface area contributed by atoms with Crippen LogP contribution in [0.2, 0.25) is 0 Å². The first-order chi connectivity index (χ1) is 15.7. The molecule has 0 aromatic heterocycles. The van der Waals surface area contributed by atoms with Gasteiger partial charge >= 0.3 is 6.18 Å². The highest BCUT2D eigenvalue weighted by Crippen LogP contribution is 2.32. The van der Waals surface area contributed by atoms with Crippen molar-refractivity contribution in [2.45, 2.75) is 13.1 Å². The molecule has 0 fully saturated rings. The van der Waals surface area contributed by atoms with Gasteiger partial charge in [-0.3, -0.25) is 9.59 Å². The van der Waals surface area contributed by atoms with Crippen molar-refractivity contribution in [3.63, 3.8) is 0 Å². The smallest absolute Gasteiger partial charge is 0.416 e. The van der Waals surface area contributed by atoms with Crippen LogP contribution in [0.1, 0.15) is 22.8 Å². The molecule has 2 amide bonds. The van der Waals surface area contributed by atoms with E-state index in [1.165, 1.54) is 24.3 Å². The van der Waals surface area contributed by atoms with Gasteiger partial charge in [0.25, 0.3) is 11.8 Å². The van der Waals surface area contributed by atoms with Crippen LogP contribution in [-0.2, 0) is 11.0 Å². The van der Waals surface area contributed by atoms with Gasteiger partial charge in [0, 0.05) is 23.9 Å². The third-order valence-corrected chi connectivity index (χ3v) is 4.33. The molecule has 6 nitrogen and oxygen atoms in total. The van der Waals surface area contributed by atoms with Crippen LogP contribution in [0.25, 0.3) is 0 Å². The van der Waals surface area contributed by atoms with Crippen LogP contribution in [-0.4, -0.2) is 25.0 Å². The molecule has 2 N–H and O–H groups in total. The fourth-order valence-corrected chi connectivity index (χ4v) is 2.84. The van der Waals surface area contributed by atoms with Crippen LogP contribution < -0.4 is 20.1 Å². The van der Waals surface area contributed by atoms with Crippen LogP contribution in [0.5, 0.6) is 17.2 Å². The molecule has 0 aliphatic rings. The van der Waals surface area contributed by atoms with Crippen LogP contribution >= 0.6 is 0 Å². The number of amides is 2. The maximum absolute atomic E-state index is 12.9. The van der Waals surface area contributed by atoms with Crippen LogP contribution in [0.4, 0.5) is 18.9 Å². The Labute approximate surface area is 188 Å². The number of ether oxygens (including phenoxy) is 2. The number of hydrogen-bond donors (Lipinski definition) is 2. The molecule has 0 unspecified atom stereocenters. The third kappa shape index (κ3) is 6.99. The Bertz CT molecular complexity index is 1130. The van der Waals surface area contributed by atoms with Gasteiger partial charge in [-0.25, -0.2) is 0 Å². The van der Waals surface area contributed by atoms with Gasteiger partial charge in [-0.05, 0) is 55.5 Å². The summed E-state index contributed by atoms with van der Waals surface area (Å²) >= 11 is 0. The summed E-state index contributed by atoms with van der Waals surface area (Å²) in [4.78, 5) is 24.2. The second kappa shape index (κ2) is 10.5. The molecule has 0 spiro atoms. The normalized spacial score (nSPS) is 10.9. The van der Waals surface area contributed by atoms with Crippen molar-refractivity contribution in [1.82, 2.24) is 5.32 Å². The van der Waals surface area contributed by atoms with Gasteiger partial charge < -0.3 is 20.1 Å². The predicted octanol–water partition coefficient (Wildman–Crippen LogP) is 5.26. The molecule has 0 radical (unpaired) electrons. The van der Waals surface area contributed by atoms with Gasteiger partial charge in [0.05, 0.1) is 5.56 Å². The number of likely N-dealkylation sites (N-methyl/N-ethyl adjacent to an activating group) is 1. The minimum atomic E-state index is -4.49. The standard InChI is InChI=1S/C24H21F3N2O4/c1-2-28-22(30)15-32-19-9-5-8-18(14-19)29-23(31)16-6-3-10-20(12-16)33-21-11-4-7-17(13-21)24(25,26)27/h3-14H,2,15H2,1H3,(H,28,30)(H,29,31). The maximum atomic E-state index is 12.9. The molecular weight excluding hydrogens is 437 g/mol. The minimum absolute atomic E-state index is 0.000608. The Kier molecular flexibility index (Phi) is 7.55. The topological polar surface area (TPSA) is 76.7 Å². The molecule has 0 atom stereocenters. The zero-order chi connectivity index (χ0) is 23.8. The van der Waals surface area contributed by atoms with E-state index < -0.39 is 17.6 Å². The molecule has 3 rings (SSSR count). The van der Waals surface area contributed by atoms with Gasteiger partial charge in [0.15, 0.2) is 6.61 Å². The Hall–Kier alpha value is -4.01. The molecular formula is C24H21F3N2O4. The summed E-state index contributed by atoms with van der Waals surface area (Å²) in [5, 5.41) is 5.32. The highest BCUT2D eigenvalue weighted by molar-refractivity contribution is 6.04. The number of carbonyl (C=O) groups excluding carboxylic acids is 2. The van der Waals surface area contributed by atoms with E-state index in [0.29, 0.717) is 18.0 Å². The molecule has 172 valence electrons. The van der Waals surface area contributed by atoms with E-state index in [1.54, 1.807) is 43.3 Å². The SMILES string of the molecule is CCNC(=O)COc1cccc(NC(=O)c2cccc(Oc3cccc(C(F)(F)F)c3)c2)c1. The summed E-state index contributed by atoms with van der Waals surface area (Å²) in [6, 6.07) is 17.1. The predicted molar refractivity (Wildman–Crippen MR) is 117 cm³/mol. The van der Waals surface area contributed by atoms with Crippen molar-refractivity contribution in [1.29, 1.82) is 0 Å². The van der Waals surface area contributed by atoms with E-state index in [2.05, 4.69) is 10.6 Å².